The third kappa shape index (κ3) is 2.33. The Labute approximate surface area is 106 Å². The smallest absolute Gasteiger partial charge is 0.179 e. The highest BCUT2D eigenvalue weighted by Crippen LogP contribution is 2.17. The van der Waals surface area contributed by atoms with Gasteiger partial charge in [-0.25, -0.2) is 0 Å². The Bertz CT molecular complexity index is 422. The summed E-state index contributed by atoms with van der Waals surface area (Å²) in [5, 5.41) is 2.21. The van der Waals surface area contributed by atoms with Gasteiger partial charge in [-0.2, -0.15) is 0 Å². The SMILES string of the molecule is Cc1cc(C(=O)CCl)c(C)n1N1CCOCC1. The van der Waals surface area contributed by atoms with Crippen LogP contribution >= 0.6 is 11.6 Å². The topological polar surface area (TPSA) is 34.5 Å². The average Bonchev–Trinajstić information content (AvgIpc) is 2.65. The summed E-state index contributed by atoms with van der Waals surface area (Å²) in [5.41, 5.74) is 2.76. The number of Topliss-reactive ketones (excluding diaryl/α,β-unsaturated/α-hetero) is 1. The van der Waals surface area contributed by atoms with E-state index in [-0.39, 0.29) is 11.7 Å². The number of halogens is 1. The molecule has 0 aliphatic carbocycles. The number of aromatic nitrogens is 1. The number of carbonyl (C=O) groups excluding carboxylic acids is 1. The molecular formula is C12H17ClN2O2. The van der Waals surface area contributed by atoms with Gasteiger partial charge in [-0.3, -0.25) is 9.47 Å². The lowest BCUT2D eigenvalue weighted by Crippen LogP contribution is -2.45. The minimum Gasteiger partial charge on any atom is -0.378 e. The standard InChI is InChI=1S/C12H17ClN2O2/c1-9-7-11(12(16)8-13)10(2)15(9)14-3-5-17-6-4-14/h7H,3-6,8H2,1-2H3. The highest BCUT2D eigenvalue weighted by Gasteiger charge is 2.19. The van der Waals surface area contributed by atoms with Crippen LogP contribution in [-0.4, -0.2) is 42.6 Å². The first-order valence-electron chi connectivity index (χ1n) is 5.76. The molecule has 0 unspecified atom stereocenters. The van der Waals surface area contributed by atoms with Gasteiger partial charge in [-0.15, -0.1) is 11.6 Å². The molecule has 1 aliphatic rings. The van der Waals surface area contributed by atoms with Gasteiger partial charge in [0.1, 0.15) is 0 Å². The monoisotopic (exact) mass is 256 g/mol. The van der Waals surface area contributed by atoms with Crippen molar-refractivity contribution in [2.24, 2.45) is 0 Å². The van der Waals surface area contributed by atoms with Crippen LogP contribution in [0.25, 0.3) is 0 Å². The van der Waals surface area contributed by atoms with Crippen LogP contribution in [0, 0.1) is 13.8 Å². The Morgan fingerprint density at radius 2 is 2.06 bits per heavy atom. The fourth-order valence-corrected chi connectivity index (χ4v) is 2.44. The van der Waals surface area contributed by atoms with Crippen molar-refractivity contribution in [2.45, 2.75) is 13.8 Å². The third-order valence-electron chi connectivity index (χ3n) is 3.09. The molecule has 0 spiro atoms. The van der Waals surface area contributed by atoms with E-state index in [1.807, 2.05) is 19.9 Å². The van der Waals surface area contributed by atoms with Crippen molar-refractivity contribution < 1.29 is 9.53 Å². The van der Waals surface area contributed by atoms with Gasteiger partial charge in [0.25, 0.3) is 0 Å². The first-order valence-corrected chi connectivity index (χ1v) is 6.29. The van der Waals surface area contributed by atoms with E-state index < -0.39 is 0 Å². The number of carbonyl (C=O) groups is 1. The number of aryl methyl sites for hydroxylation is 1. The first kappa shape index (κ1) is 12.5. The quantitative estimate of drug-likeness (QED) is 0.607. The van der Waals surface area contributed by atoms with E-state index in [1.165, 1.54) is 0 Å². The van der Waals surface area contributed by atoms with E-state index in [0.29, 0.717) is 0 Å². The largest absolute Gasteiger partial charge is 0.378 e. The van der Waals surface area contributed by atoms with Crippen molar-refractivity contribution in [2.75, 3.05) is 37.2 Å². The van der Waals surface area contributed by atoms with Crippen molar-refractivity contribution in [3.05, 3.63) is 23.0 Å². The van der Waals surface area contributed by atoms with Gasteiger partial charge < -0.3 is 9.75 Å². The fraction of sp³-hybridized carbons (Fsp3) is 0.583. The summed E-state index contributed by atoms with van der Waals surface area (Å²) < 4.78 is 7.43. The van der Waals surface area contributed by atoms with E-state index in [4.69, 9.17) is 16.3 Å². The Morgan fingerprint density at radius 3 is 2.65 bits per heavy atom. The van der Waals surface area contributed by atoms with Crippen molar-refractivity contribution in [1.29, 1.82) is 0 Å². The number of rotatable bonds is 3. The summed E-state index contributed by atoms with van der Waals surface area (Å²) in [4.78, 5) is 11.7. The van der Waals surface area contributed by atoms with Crippen molar-refractivity contribution >= 4 is 17.4 Å². The van der Waals surface area contributed by atoms with E-state index in [0.717, 1.165) is 43.3 Å². The number of ketones is 1. The normalized spacial score (nSPS) is 16.3. The van der Waals surface area contributed by atoms with Crippen LogP contribution in [0.3, 0.4) is 0 Å². The number of hydrogen-bond donors (Lipinski definition) is 0. The van der Waals surface area contributed by atoms with Crippen LogP contribution in [0.2, 0.25) is 0 Å². The van der Waals surface area contributed by atoms with E-state index in [9.17, 15) is 4.79 Å². The molecule has 2 rings (SSSR count). The molecule has 94 valence electrons. The summed E-state index contributed by atoms with van der Waals surface area (Å²) in [6.07, 6.45) is 0. The number of alkyl halides is 1. The van der Waals surface area contributed by atoms with E-state index in [2.05, 4.69) is 9.69 Å². The van der Waals surface area contributed by atoms with Gasteiger partial charge in [0.05, 0.1) is 32.2 Å². The average molecular weight is 257 g/mol. The molecule has 0 atom stereocenters. The molecule has 0 radical (unpaired) electrons. The minimum absolute atomic E-state index is 0.0146. The number of nitrogens with zero attached hydrogens (tertiary/aromatic N) is 2. The number of morpholine rings is 1. The second kappa shape index (κ2) is 5.10. The van der Waals surface area contributed by atoms with Crippen LogP contribution in [0.5, 0.6) is 0 Å². The summed E-state index contributed by atoms with van der Waals surface area (Å²) in [5.74, 6) is 0.0206. The van der Waals surface area contributed by atoms with Gasteiger partial charge in [0.2, 0.25) is 0 Å². The lowest BCUT2D eigenvalue weighted by Gasteiger charge is -2.32. The second-order valence-corrected chi connectivity index (χ2v) is 4.49. The molecule has 0 aromatic carbocycles. The third-order valence-corrected chi connectivity index (χ3v) is 3.33. The molecule has 1 saturated heterocycles. The van der Waals surface area contributed by atoms with Crippen LogP contribution in [0.4, 0.5) is 0 Å². The molecule has 5 heteroatoms. The predicted octanol–water partition coefficient (Wildman–Crippen LogP) is 1.49. The number of ether oxygens (including phenoxy) is 1. The molecule has 0 saturated carbocycles. The minimum atomic E-state index is -0.0146. The van der Waals surface area contributed by atoms with E-state index >= 15 is 0 Å². The maximum Gasteiger partial charge on any atom is 0.179 e. The lowest BCUT2D eigenvalue weighted by atomic mass is 10.2. The molecule has 0 N–H and O–H groups in total. The highest BCUT2D eigenvalue weighted by molar-refractivity contribution is 6.30. The molecule has 1 aromatic heterocycles. The summed E-state index contributed by atoms with van der Waals surface area (Å²) in [6.45, 7) is 7.14. The zero-order chi connectivity index (χ0) is 12.4. The Kier molecular flexibility index (Phi) is 3.74. The molecule has 0 bridgehead atoms. The molecular weight excluding hydrogens is 240 g/mol. The molecule has 17 heavy (non-hydrogen) atoms. The molecule has 4 nitrogen and oxygen atoms in total. The summed E-state index contributed by atoms with van der Waals surface area (Å²) >= 11 is 5.61. The molecule has 1 fully saturated rings. The lowest BCUT2D eigenvalue weighted by molar-refractivity contribution is 0.101. The predicted molar refractivity (Wildman–Crippen MR) is 67.7 cm³/mol. The summed E-state index contributed by atoms with van der Waals surface area (Å²) in [6, 6.07) is 1.91. The molecule has 0 amide bonds. The fourth-order valence-electron chi connectivity index (χ4n) is 2.30. The van der Waals surface area contributed by atoms with Gasteiger partial charge in [0, 0.05) is 17.0 Å². The second-order valence-electron chi connectivity index (χ2n) is 4.22. The van der Waals surface area contributed by atoms with Crippen LogP contribution in [0.15, 0.2) is 6.07 Å². The molecule has 1 aromatic rings. The van der Waals surface area contributed by atoms with Crippen LogP contribution < -0.4 is 5.01 Å². The zero-order valence-corrected chi connectivity index (χ0v) is 11.0. The van der Waals surface area contributed by atoms with Gasteiger partial charge in [0.15, 0.2) is 5.78 Å². The van der Waals surface area contributed by atoms with Gasteiger partial charge >= 0.3 is 0 Å². The Balaban J connectivity index is 2.33. The molecule has 1 aliphatic heterocycles. The Hall–Kier alpha value is -1.00. The van der Waals surface area contributed by atoms with Crippen LogP contribution in [-0.2, 0) is 4.74 Å². The van der Waals surface area contributed by atoms with E-state index in [1.54, 1.807) is 0 Å². The van der Waals surface area contributed by atoms with Crippen LogP contribution in [0.1, 0.15) is 21.7 Å². The maximum absolute atomic E-state index is 11.7. The number of hydrogen-bond acceptors (Lipinski definition) is 3. The Morgan fingerprint density at radius 1 is 1.41 bits per heavy atom. The maximum atomic E-state index is 11.7. The van der Waals surface area contributed by atoms with Gasteiger partial charge in [-0.1, -0.05) is 0 Å². The van der Waals surface area contributed by atoms with Crippen molar-refractivity contribution in [3.63, 3.8) is 0 Å². The molecule has 2 heterocycles. The highest BCUT2D eigenvalue weighted by atomic mass is 35.5. The zero-order valence-electron chi connectivity index (χ0n) is 10.2. The van der Waals surface area contributed by atoms with Crippen molar-refractivity contribution in [1.82, 2.24) is 4.68 Å². The summed E-state index contributed by atoms with van der Waals surface area (Å²) in [7, 11) is 0. The van der Waals surface area contributed by atoms with Gasteiger partial charge in [-0.05, 0) is 19.9 Å². The first-order chi connectivity index (χ1) is 8.15. The van der Waals surface area contributed by atoms with Crippen molar-refractivity contribution in [3.8, 4) is 0 Å².